The highest BCUT2D eigenvalue weighted by molar-refractivity contribution is 7.92. The van der Waals surface area contributed by atoms with Crippen LogP contribution < -0.4 is 9.62 Å². The lowest BCUT2D eigenvalue weighted by atomic mass is 9.99. The minimum absolute atomic E-state index is 0.0147. The van der Waals surface area contributed by atoms with E-state index in [2.05, 4.69) is 11.4 Å². The summed E-state index contributed by atoms with van der Waals surface area (Å²) < 4.78 is 39.7. The average molecular weight is 455 g/mol. The number of carbonyl (C=O) groups is 1. The third-order valence-corrected chi connectivity index (χ3v) is 6.44. The molecule has 168 valence electrons. The molecule has 3 rings (SSSR count). The van der Waals surface area contributed by atoms with Crippen molar-refractivity contribution in [2.45, 2.75) is 33.4 Å². The number of para-hydroxylation sites is 1. The zero-order valence-corrected chi connectivity index (χ0v) is 19.4. The molecule has 3 aromatic carbocycles. The first-order chi connectivity index (χ1) is 15.1. The Balaban J connectivity index is 1.76. The number of amides is 1. The van der Waals surface area contributed by atoms with E-state index < -0.39 is 15.8 Å². The van der Waals surface area contributed by atoms with Crippen LogP contribution in [0.4, 0.5) is 10.1 Å². The molecule has 0 aliphatic carbocycles. The molecule has 0 heterocycles. The quantitative estimate of drug-likeness (QED) is 0.552. The van der Waals surface area contributed by atoms with Crippen LogP contribution in [-0.4, -0.2) is 20.6 Å². The molecule has 0 aromatic heterocycles. The van der Waals surface area contributed by atoms with Crippen molar-refractivity contribution in [2.24, 2.45) is 0 Å². The Morgan fingerprint density at radius 1 is 1.03 bits per heavy atom. The van der Waals surface area contributed by atoms with Gasteiger partial charge in [-0.3, -0.25) is 9.10 Å². The number of halogens is 1. The van der Waals surface area contributed by atoms with Crippen molar-refractivity contribution in [3.05, 3.63) is 100 Å². The number of benzene rings is 3. The van der Waals surface area contributed by atoms with Crippen molar-refractivity contribution >= 4 is 21.6 Å². The minimum Gasteiger partial charge on any atom is -0.346 e. The molecule has 0 aliphatic heterocycles. The summed E-state index contributed by atoms with van der Waals surface area (Å²) in [6.07, 6.45) is 1.04. The lowest BCUT2D eigenvalue weighted by molar-refractivity contribution is 0.0939. The lowest BCUT2D eigenvalue weighted by Crippen LogP contribution is -2.30. The average Bonchev–Trinajstić information content (AvgIpc) is 2.74. The highest BCUT2D eigenvalue weighted by Crippen LogP contribution is 2.24. The van der Waals surface area contributed by atoms with E-state index in [4.69, 9.17) is 0 Å². The SMILES string of the molecule is Cc1ccc(C)c(C(C)NC(=O)c2ccc(CN(c3ccccc3F)S(C)(=O)=O)cc2)c1. The number of hydrogen-bond donors (Lipinski definition) is 1. The van der Waals surface area contributed by atoms with Crippen LogP contribution in [0, 0.1) is 19.7 Å². The Hall–Kier alpha value is -3.19. The summed E-state index contributed by atoms with van der Waals surface area (Å²) in [5.41, 5.74) is 4.37. The van der Waals surface area contributed by atoms with E-state index in [1.807, 2.05) is 32.9 Å². The maximum absolute atomic E-state index is 14.2. The monoisotopic (exact) mass is 454 g/mol. The van der Waals surface area contributed by atoms with Crippen LogP contribution in [-0.2, 0) is 16.6 Å². The first kappa shape index (κ1) is 23.5. The molecule has 1 atom stereocenters. The Labute approximate surface area is 188 Å². The molecule has 0 spiro atoms. The van der Waals surface area contributed by atoms with Gasteiger partial charge in [0.15, 0.2) is 0 Å². The van der Waals surface area contributed by atoms with Crippen LogP contribution in [0.25, 0.3) is 0 Å². The molecule has 0 fully saturated rings. The molecule has 5 nitrogen and oxygen atoms in total. The van der Waals surface area contributed by atoms with Crippen LogP contribution >= 0.6 is 0 Å². The molecule has 0 radical (unpaired) electrons. The number of nitrogens with one attached hydrogen (secondary N) is 1. The van der Waals surface area contributed by atoms with Crippen molar-refractivity contribution in [3.8, 4) is 0 Å². The predicted molar refractivity (Wildman–Crippen MR) is 126 cm³/mol. The number of aryl methyl sites for hydroxylation is 2. The van der Waals surface area contributed by atoms with Gasteiger partial charge in [0.05, 0.1) is 24.5 Å². The van der Waals surface area contributed by atoms with Gasteiger partial charge >= 0.3 is 0 Å². The van der Waals surface area contributed by atoms with Crippen molar-refractivity contribution in [3.63, 3.8) is 0 Å². The third kappa shape index (κ3) is 5.53. The smallest absolute Gasteiger partial charge is 0.251 e. The van der Waals surface area contributed by atoms with Gasteiger partial charge in [0.25, 0.3) is 5.91 Å². The molecular weight excluding hydrogens is 427 g/mol. The van der Waals surface area contributed by atoms with E-state index in [1.54, 1.807) is 30.3 Å². The lowest BCUT2D eigenvalue weighted by Gasteiger charge is -2.23. The Kier molecular flexibility index (Phi) is 6.99. The van der Waals surface area contributed by atoms with Gasteiger partial charge in [-0.15, -0.1) is 0 Å². The second kappa shape index (κ2) is 9.53. The Bertz CT molecular complexity index is 1220. The number of nitrogens with zero attached hydrogens (tertiary/aromatic N) is 1. The van der Waals surface area contributed by atoms with Crippen molar-refractivity contribution in [1.82, 2.24) is 5.32 Å². The number of carbonyl (C=O) groups excluding carboxylic acids is 1. The van der Waals surface area contributed by atoms with Crippen LogP contribution in [0.3, 0.4) is 0 Å². The highest BCUT2D eigenvalue weighted by Gasteiger charge is 2.21. The predicted octanol–water partition coefficient (Wildman–Crippen LogP) is 4.90. The first-order valence-electron chi connectivity index (χ1n) is 10.3. The summed E-state index contributed by atoms with van der Waals surface area (Å²) in [7, 11) is -3.71. The fourth-order valence-corrected chi connectivity index (χ4v) is 4.44. The molecular formula is C25H27FN2O3S. The normalized spacial score (nSPS) is 12.3. The van der Waals surface area contributed by atoms with Crippen molar-refractivity contribution < 1.29 is 17.6 Å². The van der Waals surface area contributed by atoms with Crippen LogP contribution in [0.5, 0.6) is 0 Å². The van der Waals surface area contributed by atoms with Crippen molar-refractivity contribution in [2.75, 3.05) is 10.6 Å². The highest BCUT2D eigenvalue weighted by atomic mass is 32.2. The number of anilines is 1. The molecule has 1 unspecified atom stereocenters. The molecule has 1 amide bonds. The molecule has 7 heteroatoms. The van der Waals surface area contributed by atoms with Crippen LogP contribution in [0.15, 0.2) is 66.7 Å². The van der Waals surface area contributed by atoms with E-state index >= 15 is 0 Å². The molecule has 3 aromatic rings. The second-order valence-electron chi connectivity index (χ2n) is 7.97. The van der Waals surface area contributed by atoms with E-state index in [0.717, 1.165) is 27.3 Å². The number of hydrogen-bond acceptors (Lipinski definition) is 3. The zero-order chi connectivity index (χ0) is 23.5. The second-order valence-corrected chi connectivity index (χ2v) is 9.88. The fraction of sp³-hybridized carbons (Fsp3) is 0.240. The molecule has 0 bridgehead atoms. The fourth-order valence-electron chi connectivity index (χ4n) is 3.55. The summed E-state index contributed by atoms with van der Waals surface area (Å²) in [5.74, 6) is -0.839. The van der Waals surface area contributed by atoms with Gasteiger partial charge in [-0.05, 0) is 61.7 Å². The summed E-state index contributed by atoms with van der Waals surface area (Å²) in [6, 6.07) is 18.3. The summed E-state index contributed by atoms with van der Waals surface area (Å²) in [5, 5.41) is 3.00. The third-order valence-electron chi connectivity index (χ3n) is 5.31. The van der Waals surface area contributed by atoms with Gasteiger partial charge in [0.1, 0.15) is 5.82 Å². The molecule has 0 saturated heterocycles. The van der Waals surface area contributed by atoms with Gasteiger partial charge in [0, 0.05) is 5.56 Å². The van der Waals surface area contributed by atoms with Gasteiger partial charge in [-0.2, -0.15) is 0 Å². The Morgan fingerprint density at radius 3 is 2.31 bits per heavy atom. The largest absolute Gasteiger partial charge is 0.346 e. The Morgan fingerprint density at radius 2 is 1.69 bits per heavy atom. The number of sulfonamides is 1. The topological polar surface area (TPSA) is 66.5 Å². The van der Waals surface area contributed by atoms with E-state index in [9.17, 15) is 17.6 Å². The standard InChI is InChI=1S/C25H27FN2O3S/c1-17-9-10-18(2)22(15-17)19(3)27-25(29)21-13-11-20(12-14-21)16-28(32(4,30)31)24-8-6-5-7-23(24)26/h5-15,19H,16H2,1-4H3,(H,27,29). The zero-order valence-electron chi connectivity index (χ0n) is 18.6. The maximum Gasteiger partial charge on any atom is 0.251 e. The summed E-state index contributed by atoms with van der Waals surface area (Å²) in [4.78, 5) is 12.7. The van der Waals surface area contributed by atoms with E-state index in [1.165, 1.54) is 18.2 Å². The minimum atomic E-state index is -3.71. The van der Waals surface area contributed by atoms with Gasteiger partial charge in [-0.25, -0.2) is 12.8 Å². The first-order valence-corrected chi connectivity index (χ1v) is 12.1. The van der Waals surface area contributed by atoms with Gasteiger partial charge in [0.2, 0.25) is 10.0 Å². The van der Waals surface area contributed by atoms with Gasteiger partial charge in [-0.1, -0.05) is 48.0 Å². The van der Waals surface area contributed by atoms with Crippen molar-refractivity contribution in [1.29, 1.82) is 0 Å². The summed E-state index contributed by atoms with van der Waals surface area (Å²) in [6.45, 7) is 5.92. The van der Waals surface area contributed by atoms with Crippen LogP contribution in [0.2, 0.25) is 0 Å². The van der Waals surface area contributed by atoms with Crippen LogP contribution in [0.1, 0.15) is 45.6 Å². The number of rotatable bonds is 7. The maximum atomic E-state index is 14.2. The molecule has 32 heavy (non-hydrogen) atoms. The summed E-state index contributed by atoms with van der Waals surface area (Å²) >= 11 is 0. The van der Waals surface area contributed by atoms with Gasteiger partial charge < -0.3 is 5.32 Å². The molecule has 0 saturated carbocycles. The molecule has 0 aliphatic rings. The van der Waals surface area contributed by atoms with E-state index in [-0.39, 0.29) is 24.2 Å². The van der Waals surface area contributed by atoms with E-state index in [0.29, 0.717) is 11.1 Å². The molecule has 1 N–H and O–H groups in total.